The molecule has 1 saturated carbocycles. The Morgan fingerprint density at radius 2 is 2.10 bits per heavy atom. The number of nitro groups is 1. The minimum absolute atomic E-state index is 0.0852. The fourth-order valence-corrected chi connectivity index (χ4v) is 2.74. The van der Waals surface area contributed by atoms with Gasteiger partial charge in [0, 0.05) is 24.2 Å². The Bertz CT molecular complexity index is 608. The van der Waals surface area contributed by atoms with Crippen molar-refractivity contribution in [2.45, 2.75) is 45.3 Å². The van der Waals surface area contributed by atoms with Crippen molar-refractivity contribution >= 4 is 11.6 Å². The Morgan fingerprint density at radius 1 is 1.38 bits per heavy atom. The van der Waals surface area contributed by atoms with E-state index in [-0.39, 0.29) is 23.4 Å². The molecule has 0 spiro atoms. The molecule has 6 heteroatoms. The van der Waals surface area contributed by atoms with E-state index in [4.69, 9.17) is 4.74 Å². The summed E-state index contributed by atoms with van der Waals surface area (Å²) in [5, 5.41) is 11.2. The van der Waals surface area contributed by atoms with Crippen molar-refractivity contribution in [1.82, 2.24) is 4.90 Å². The highest BCUT2D eigenvalue weighted by Crippen LogP contribution is 2.37. The first kappa shape index (κ1) is 13.9. The van der Waals surface area contributed by atoms with Gasteiger partial charge in [-0.3, -0.25) is 14.9 Å². The highest BCUT2D eigenvalue weighted by Gasteiger charge is 2.37. The zero-order valence-corrected chi connectivity index (χ0v) is 12.2. The van der Waals surface area contributed by atoms with Gasteiger partial charge in [0.2, 0.25) is 0 Å². The molecule has 0 saturated heterocycles. The molecule has 1 heterocycles. The van der Waals surface area contributed by atoms with Gasteiger partial charge in [0.25, 0.3) is 5.91 Å². The Labute approximate surface area is 122 Å². The van der Waals surface area contributed by atoms with Gasteiger partial charge in [0.1, 0.15) is 0 Å². The molecule has 21 heavy (non-hydrogen) atoms. The van der Waals surface area contributed by atoms with E-state index in [1.54, 1.807) is 6.07 Å². The third kappa shape index (κ3) is 2.57. The van der Waals surface area contributed by atoms with Crippen molar-refractivity contribution < 1.29 is 14.5 Å². The van der Waals surface area contributed by atoms with Crippen LogP contribution in [-0.4, -0.2) is 34.4 Å². The van der Waals surface area contributed by atoms with E-state index < -0.39 is 4.92 Å². The van der Waals surface area contributed by atoms with Crippen LogP contribution in [-0.2, 0) is 6.42 Å². The summed E-state index contributed by atoms with van der Waals surface area (Å²) >= 11 is 0. The highest BCUT2D eigenvalue weighted by molar-refractivity contribution is 5.98. The van der Waals surface area contributed by atoms with Gasteiger partial charge in [-0.15, -0.1) is 0 Å². The van der Waals surface area contributed by atoms with Crippen LogP contribution in [0.5, 0.6) is 5.75 Å². The minimum atomic E-state index is -0.485. The zero-order chi connectivity index (χ0) is 15.1. The molecule has 1 aromatic carbocycles. The monoisotopic (exact) mass is 290 g/mol. The molecule has 0 bridgehead atoms. The summed E-state index contributed by atoms with van der Waals surface area (Å²) in [6, 6.07) is 3.37. The number of carbonyl (C=O) groups excluding carboxylic acids is 1. The number of ether oxygens (including phenoxy) is 1. The Hall–Kier alpha value is -2.11. The normalized spacial score (nSPS) is 17.9. The Kier molecular flexibility index (Phi) is 3.31. The van der Waals surface area contributed by atoms with Gasteiger partial charge in [0.05, 0.1) is 11.0 Å². The van der Waals surface area contributed by atoms with Gasteiger partial charge in [-0.25, -0.2) is 0 Å². The number of hydrogen-bond acceptors (Lipinski definition) is 4. The largest absolute Gasteiger partial charge is 0.484 e. The second kappa shape index (κ2) is 5.02. The predicted octanol–water partition coefficient (Wildman–Crippen LogP) is 2.54. The zero-order valence-electron chi connectivity index (χ0n) is 12.2. The third-order valence-electron chi connectivity index (χ3n) is 3.85. The standard InChI is InChI=1S/C15H18N2O4/c1-9(2)21-14-7-10-5-6-16(11-3-4-11)15(18)12(10)8-13(14)17(19)20/h7-9,11H,3-6H2,1-2H3. The highest BCUT2D eigenvalue weighted by atomic mass is 16.6. The molecule has 1 aromatic rings. The van der Waals surface area contributed by atoms with Crippen LogP contribution in [0.4, 0.5) is 5.69 Å². The summed E-state index contributed by atoms with van der Waals surface area (Å²) in [4.78, 5) is 25.1. The van der Waals surface area contributed by atoms with Gasteiger partial charge in [-0.05, 0) is 44.7 Å². The van der Waals surface area contributed by atoms with Crippen LogP contribution in [0, 0.1) is 10.1 Å². The molecule has 1 amide bonds. The Balaban J connectivity index is 2.01. The molecule has 0 N–H and O–H groups in total. The SMILES string of the molecule is CC(C)Oc1cc2c(cc1[N+](=O)[O-])C(=O)N(C1CC1)CC2. The van der Waals surface area contributed by atoms with Gasteiger partial charge in [-0.2, -0.15) is 0 Å². The molecule has 1 fully saturated rings. The van der Waals surface area contributed by atoms with E-state index in [1.807, 2.05) is 18.7 Å². The first-order valence-corrected chi connectivity index (χ1v) is 7.26. The first-order chi connectivity index (χ1) is 9.97. The van der Waals surface area contributed by atoms with E-state index in [0.29, 0.717) is 18.2 Å². The lowest BCUT2D eigenvalue weighted by Gasteiger charge is -2.28. The average Bonchev–Trinajstić information content (AvgIpc) is 3.22. The summed E-state index contributed by atoms with van der Waals surface area (Å²) in [5.74, 6) is 0.166. The second-order valence-corrected chi connectivity index (χ2v) is 5.88. The summed E-state index contributed by atoms with van der Waals surface area (Å²) in [7, 11) is 0. The number of hydrogen-bond donors (Lipinski definition) is 0. The molecule has 6 nitrogen and oxygen atoms in total. The lowest BCUT2D eigenvalue weighted by Crippen LogP contribution is -2.39. The minimum Gasteiger partial charge on any atom is -0.484 e. The van der Waals surface area contributed by atoms with Gasteiger partial charge in [0.15, 0.2) is 5.75 Å². The van der Waals surface area contributed by atoms with Crippen molar-refractivity contribution in [1.29, 1.82) is 0 Å². The van der Waals surface area contributed by atoms with E-state index in [2.05, 4.69) is 0 Å². The fraction of sp³-hybridized carbons (Fsp3) is 0.533. The number of amides is 1. The van der Waals surface area contributed by atoms with E-state index in [1.165, 1.54) is 6.07 Å². The molecule has 2 aliphatic rings. The molecule has 0 aromatic heterocycles. The molecule has 0 unspecified atom stereocenters. The van der Waals surface area contributed by atoms with Gasteiger partial charge < -0.3 is 9.64 Å². The van der Waals surface area contributed by atoms with Crippen LogP contribution in [0.2, 0.25) is 0 Å². The maximum atomic E-state index is 12.5. The fourth-order valence-electron chi connectivity index (χ4n) is 2.74. The van der Waals surface area contributed by atoms with E-state index in [0.717, 1.165) is 24.8 Å². The lowest BCUT2D eigenvalue weighted by molar-refractivity contribution is -0.386. The summed E-state index contributed by atoms with van der Waals surface area (Å²) < 4.78 is 5.53. The molecule has 0 atom stereocenters. The second-order valence-electron chi connectivity index (χ2n) is 5.88. The molecule has 0 radical (unpaired) electrons. The molecule has 112 valence electrons. The first-order valence-electron chi connectivity index (χ1n) is 7.26. The molecule has 1 aliphatic carbocycles. The Morgan fingerprint density at radius 3 is 2.67 bits per heavy atom. The average molecular weight is 290 g/mol. The molecular weight excluding hydrogens is 272 g/mol. The maximum absolute atomic E-state index is 12.5. The van der Waals surface area contributed by atoms with Crippen LogP contribution >= 0.6 is 0 Å². The molecule has 3 rings (SSSR count). The topological polar surface area (TPSA) is 72.7 Å². The van der Waals surface area contributed by atoms with E-state index >= 15 is 0 Å². The number of nitrogens with zero attached hydrogens (tertiary/aromatic N) is 2. The van der Waals surface area contributed by atoms with Crippen LogP contribution in [0.1, 0.15) is 42.6 Å². The maximum Gasteiger partial charge on any atom is 0.311 e. The van der Waals surface area contributed by atoms with Crippen LogP contribution in [0.15, 0.2) is 12.1 Å². The smallest absolute Gasteiger partial charge is 0.311 e. The van der Waals surface area contributed by atoms with Gasteiger partial charge in [-0.1, -0.05) is 0 Å². The third-order valence-corrected chi connectivity index (χ3v) is 3.85. The number of benzene rings is 1. The van der Waals surface area contributed by atoms with Gasteiger partial charge >= 0.3 is 5.69 Å². The summed E-state index contributed by atoms with van der Waals surface area (Å²) in [6.45, 7) is 4.34. The number of fused-ring (bicyclic) bond motifs is 1. The quantitative estimate of drug-likeness (QED) is 0.631. The van der Waals surface area contributed by atoms with Crippen molar-refractivity contribution in [2.75, 3.05) is 6.54 Å². The van der Waals surface area contributed by atoms with Crippen LogP contribution < -0.4 is 4.74 Å². The number of nitro benzene ring substituents is 1. The number of rotatable bonds is 4. The van der Waals surface area contributed by atoms with Crippen LogP contribution in [0.3, 0.4) is 0 Å². The summed E-state index contributed by atoms with van der Waals surface area (Å²) in [6.07, 6.45) is 2.66. The van der Waals surface area contributed by atoms with Crippen molar-refractivity contribution in [3.63, 3.8) is 0 Å². The number of carbonyl (C=O) groups is 1. The van der Waals surface area contributed by atoms with Crippen LogP contribution in [0.25, 0.3) is 0 Å². The van der Waals surface area contributed by atoms with E-state index in [9.17, 15) is 14.9 Å². The molecular formula is C15H18N2O4. The van der Waals surface area contributed by atoms with Crippen molar-refractivity contribution in [3.05, 3.63) is 33.4 Å². The van der Waals surface area contributed by atoms with Crippen molar-refractivity contribution in [2.24, 2.45) is 0 Å². The van der Waals surface area contributed by atoms with Crippen molar-refractivity contribution in [3.8, 4) is 5.75 Å². The lowest BCUT2D eigenvalue weighted by atomic mass is 9.97. The molecule has 1 aliphatic heterocycles. The summed E-state index contributed by atoms with van der Waals surface area (Å²) in [5.41, 5.74) is 1.17. The predicted molar refractivity (Wildman–Crippen MR) is 76.6 cm³/mol.